The third kappa shape index (κ3) is 7.22. The smallest absolute Gasteiger partial charge is 0.303 e. The fourth-order valence-corrected chi connectivity index (χ4v) is 1.30. The molecule has 0 fully saturated rings. The zero-order valence-corrected chi connectivity index (χ0v) is 7.99. The van der Waals surface area contributed by atoms with Crippen LogP contribution in [0.5, 0.6) is 0 Å². The number of aliphatic carboxylic acids is 1. The van der Waals surface area contributed by atoms with Crippen molar-refractivity contribution in [1.82, 2.24) is 0 Å². The Morgan fingerprint density at radius 3 is 2.54 bits per heavy atom. The Bertz CT molecular complexity index is 203. The largest absolute Gasteiger partial charge is 0.481 e. The number of nitrogens with zero attached hydrogens (tertiary/aromatic N) is 1. The van der Waals surface area contributed by atoms with Gasteiger partial charge in [0.05, 0.1) is 6.54 Å². The van der Waals surface area contributed by atoms with Gasteiger partial charge in [-0.3, -0.25) is 4.79 Å². The van der Waals surface area contributed by atoms with Gasteiger partial charge < -0.3 is 5.11 Å². The van der Waals surface area contributed by atoms with Gasteiger partial charge in [0.1, 0.15) is 0 Å². The van der Waals surface area contributed by atoms with Gasteiger partial charge in [0.25, 0.3) is 0 Å². The van der Waals surface area contributed by atoms with Crippen LogP contribution in [0.4, 0.5) is 0 Å². The minimum absolute atomic E-state index is 0.0426. The number of carbonyl (C=O) groups excluding carboxylic acids is 1. The normalized spacial score (nSPS) is 12.2. The highest BCUT2D eigenvalue weighted by atomic mass is 16.4. The van der Waals surface area contributed by atoms with E-state index in [2.05, 4.69) is 4.99 Å². The van der Waals surface area contributed by atoms with Crippen molar-refractivity contribution in [2.24, 2.45) is 16.8 Å². The number of hydrogen-bond donors (Lipinski definition) is 1. The molecule has 0 saturated carbocycles. The predicted octanol–water partition coefficient (Wildman–Crippen LogP) is 1.46. The summed E-state index contributed by atoms with van der Waals surface area (Å²) in [6.45, 7) is 4.30. The van der Waals surface area contributed by atoms with Crippen molar-refractivity contribution in [2.75, 3.05) is 6.54 Å². The molecule has 4 nitrogen and oxygen atoms in total. The number of rotatable bonds is 6. The van der Waals surface area contributed by atoms with E-state index in [1.54, 1.807) is 0 Å². The molecular formula is C9H15NO3. The van der Waals surface area contributed by atoms with Crippen molar-refractivity contribution in [3.8, 4) is 0 Å². The average Bonchev–Trinajstić information content (AvgIpc) is 1.98. The summed E-state index contributed by atoms with van der Waals surface area (Å²) in [5.74, 6) is -0.461. The summed E-state index contributed by atoms with van der Waals surface area (Å²) in [6.07, 6.45) is 2.27. The first-order valence-corrected chi connectivity index (χ1v) is 4.31. The predicted molar refractivity (Wildman–Crippen MR) is 48.2 cm³/mol. The van der Waals surface area contributed by atoms with E-state index in [0.29, 0.717) is 5.92 Å². The summed E-state index contributed by atoms with van der Waals surface area (Å²) in [5.41, 5.74) is 0. The second-order valence-electron chi connectivity index (χ2n) is 3.53. The van der Waals surface area contributed by atoms with Gasteiger partial charge >= 0.3 is 5.97 Å². The lowest BCUT2D eigenvalue weighted by Gasteiger charge is -2.13. The summed E-state index contributed by atoms with van der Waals surface area (Å²) in [7, 11) is 0. The molecule has 0 heterocycles. The highest BCUT2D eigenvalue weighted by molar-refractivity contribution is 5.67. The van der Waals surface area contributed by atoms with Crippen LogP contribution in [-0.4, -0.2) is 23.7 Å². The molecule has 0 aliphatic rings. The monoisotopic (exact) mass is 185 g/mol. The van der Waals surface area contributed by atoms with E-state index < -0.39 is 5.97 Å². The van der Waals surface area contributed by atoms with E-state index in [9.17, 15) is 9.59 Å². The first-order valence-electron chi connectivity index (χ1n) is 4.31. The highest BCUT2D eigenvalue weighted by Crippen LogP contribution is 2.15. The van der Waals surface area contributed by atoms with Gasteiger partial charge in [0, 0.05) is 6.42 Å². The van der Waals surface area contributed by atoms with E-state index in [4.69, 9.17) is 5.11 Å². The molecule has 1 N–H and O–H groups in total. The van der Waals surface area contributed by atoms with Gasteiger partial charge in [-0.25, -0.2) is 9.79 Å². The Labute approximate surface area is 77.7 Å². The lowest BCUT2D eigenvalue weighted by atomic mass is 9.94. The van der Waals surface area contributed by atoms with E-state index in [1.165, 1.54) is 6.08 Å². The number of isocyanates is 1. The fourth-order valence-electron chi connectivity index (χ4n) is 1.30. The summed E-state index contributed by atoms with van der Waals surface area (Å²) >= 11 is 0. The van der Waals surface area contributed by atoms with Crippen molar-refractivity contribution in [2.45, 2.75) is 26.7 Å². The quantitative estimate of drug-likeness (QED) is 0.503. The molecule has 13 heavy (non-hydrogen) atoms. The Hall–Kier alpha value is -1.15. The maximum absolute atomic E-state index is 10.4. The molecule has 1 atom stereocenters. The Balaban J connectivity index is 4.01. The molecule has 0 aromatic carbocycles. The number of carbonyl (C=O) groups is 1. The molecule has 0 spiro atoms. The van der Waals surface area contributed by atoms with Crippen LogP contribution >= 0.6 is 0 Å². The van der Waals surface area contributed by atoms with E-state index in [0.717, 1.165) is 6.42 Å². The van der Waals surface area contributed by atoms with Crippen molar-refractivity contribution >= 4 is 12.0 Å². The molecule has 0 saturated heterocycles. The SMILES string of the molecule is CC(C)CC(CN=C=O)CC(=O)O. The van der Waals surface area contributed by atoms with Gasteiger partial charge in [-0.1, -0.05) is 13.8 Å². The highest BCUT2D eigenvalue weighted by Gasteiger charge is 2.14. The minimum Gasteiger partial charge on any atom is -0.481 e. The fraction of sp³-hybridized carbons (Fsp3) is 0.778. The topological polar surface area (TPSA) is 66.7 Å². The van der Waals surface area contributed by atoms with Crippen LogP contribution in [0.25, 0.3) is 0 Å². The zero-order chi connectivity index (χ0) is 10.3. The van der Waals surface area contributed by atoms with Crippen LogP contribution in [0.3, 0.4) is 0 Å². The van der Waals surface area contributed by atoms with Gasteiger partial charge in [-0.05, 0) is 18.3 Å². The minimum atomic E-state index is -0.841. The molecule has 0 aliphatic carbocycles. The van der Waals surface area contributed by atoms with Crippen LogP contribution < -0.4 is 0 Å². The molecule has 1 unspecified atom stereocenters. The second kappa shape index (κ2) is 6.38. The van der Waals surface area contributed by atoms with Crippen molar-refractivity contribution < 1.29 is 14.7 Å². The molecule has 0 rings (SSSR count). The van der Waals surface area contributed by atoms with Crippen LogP contribution in [0.2, 0.25) is 0 Å². The molecule has 0 aromatic heterocycles. The molecule has 0 amide bonds. The Morgan fingerprint density at radius 1 is 1.54 bits per heavy atom. The zero-order valence-electron chi connectivity index (χ0n) is 7.99. The van der Waals surface area contributed by atoms with Gasteiger partial charge in [-0.15, -0.1) is 0 Å². The summed E-state index contributed by atoms with van der Waals surface area (Å²) < 4.78 is 0. The molecule has 0 radical (unpaired) electrons. The number of hydrogen-bond acceptors (Lipinski definition) is 3. The van der Waals surface area contributed by atoms with Crippen LogP contribution in [0, 0.1) is 11.8 Å². The van der Waals surface area contributed by atoms with E-state index in [-0.39, 0.29) is 18.9 Å². The summed E-state index contributed by atoms with van der Waals surface area (Å²) in [4.78, 5) is 23.7. The van der Waals surface area contributed by atoms with E-state index in [1.807, 2.05) is 13.8 Å². The number of carboxylic acids is 1. The summed E-state index contributed by atoms with van der Waals surface area (Å²) in [6, 6.07) is 0. The van der Waals surface area contributed by atoms with E-state index >= 15 is 0 Å². The van der Waals surface area contributed by atoms with Crippen LogP contribution in [-0.2, 0) is 9.59 Å². The van der Waals surface area contributed by atoms with Crippen molar-refractivity contribution in [3.05, 3.63) is 0 Å². The third-order valence-corrected chi connectivity index (χ3v) is 1.68. The first-order chi connectivity index (χ1) is 6.06. The average molecular weight is 185 g/mol. The molecule has 4 heteroatoms. The number of carboxylic acid groups (broad SMARTS) is 1. The Morgan fingerprint density at radius 2 is 2.15 bits per heavy atom. The molecule has 0 aliphatic heterocycles. The Kier molecular flexibility index (Phi) is 5.81. The van der Waals surface area contributed by atoms with Gasteiger partial charge in [0.2, 0.25) is 6.08 Å². The van der Waals surface area contributed by atoms with Gasteiger partial charge in [0.15, 0.2) is 0 Å². The standard InChI is InChI=1S/C9H15NO3/c1-7(2)3-8(4-9(12)13)5-10-6-11/h7-8H,3-5H2,1-2H3,(H,12,13). The van der Waals surface area contributed by atoms with Crippen molar-refractivity contribution in [3.63, 3.8) is 0 Å². The lowest BCUT2D eigenvalue weighted by molar-refractivity contribution is -0.138. The van der Waals surface area contributed by atoms with Crippen LogP contribution in [0.15, 0.2) is 4.99 Å². The third-order valence-electron chi connectivity index (χ3n) is 1.68. The molecule has 74 valence electrons. The van der Waals surface area contributed by atoms with Crippen molar-refractivity contribution in [1.29, 1.82) is 0 Å². The second-order valence-corrected chi connectivity index (χ2v) is 3.53. The molecular weight excluding hydrogens is 170 g/mol. The number of aliphatic imine (C=N–C) groups is 1. The first kappa shape index (κ1) is 11.8. The maximum Gasteiger partial charge on any atom is 0.303 e. The van der Waals surface area contributed by atoms with Crippen LogP contribution in [0.1, 0.15) is 26.7 Å². The molecule has 0 aromatic rings. The lowest BCUT2D eigenvalue weighted by Crippen LogP contribution is -2.13. The van der Waals surface area contributed by atoms with Gasteiger partial charge in [-0.2, -0.15) is 0 Å². The molecule has 0 bridgehead atoms. The summed E-state index contributed by atoms with van der Waals surface area (Å²) in [5, 5.41) is 8.56. The maximum atomic E-state index is 10.4.